The number of hydrogen-bond donors (Lipinski definition) is 0. The second-order valence-corrected chi connectivity index (χ2v) is 9.14. The predicted molar refractivity (Wildman–Crippen MR) is 159 cm³/mol. The van der Waals surface area contributed by atoms with Gasteiger partial charge in [-0.3, -0.25) is 0 Å². The lowest BCUT2D eigenvalue weighted by atomic mass is 10.1. The number of ether oxygens (including phenoxy) is 7. The molecule has 0 aromatic heterocycles. The van der Waals surface area contributed by atoms with E-state index < -0.39 is 18.2 Å². The summed E-state index contributed by atoms with van der Waals surface area (Å²) >= 11 is 0. The highest BCUT2D eigenvalue weighted by molar-refractivity contribution is 5.89. The molecule has 8 heteroatoms. The smallest absolute Gasteiger partial charge is 0.338 e. The summed E-state index contributed by atoms with van der Waals surface area (Å²) in [6.07, 6.45) is 10.5. The fourth-order valence-corrected chi connectivity index (χ4v) is 4.26. The zero-order valence-corrected chi connectivity index (χ0v) is 22.4. The SMILES string of the molecule is C#CC#CC#COc1ccc(C(=O)O[C@H]2CO[C@H]3[C@@H]2OC[C@@H]3OCOc2ccc(OCCCCCC)cc2)cc1.[HH].[HH].[HH].[HH].[HH].[HH]. The van der Waals surface area contributed by atoms with E-state index in [1.165, 1.54) is 19.3 Å². The van der Waals surface area contributed by atoms with Crippen LogP contribution in [-0.4, -0.2) is 57.0 Å². The van der Waals surface area contributed by atoms with E-state index in [0.29, 0.717) is 30.3 Å². The minimum atomic E-state index is -0.543. The van der Waals surface area contributed by atoms with Crippen LogP contribution >= 0.6 is 0 Å². The Morgan fingerprint density at radius 3 is 2.27 bits per heavy atom. The zero-order valence-electron chi connectivity index (χ0n) is 22.4. The van der Waals surface area contributed by atoms with Crippen LogP contribution in [0.1, 0.15) is 51.5 Å². The van der Waals surface area contributed by atoms with E-state index in [2.05, 4.69) is 36.7 Å². The molecule has 40 heavy (non-hydrogen) atoms. The molecule has 4 atom stereocenters. The molecule has 4 rings (SSSR count). The lowest BCUT2D eigenvalue weighted by Gasteiger charge is -2.17. The van der Waals surface area contributed by atoms with E-state index in [9.17, 15) is 4.79 Å². The van der Waals surface area contributed by atoms with Gasteiger partial charge in [0.25, 0.3) is 0 Å². The van der Waals surface area contributed by atoms with E-state index in [4.69, 9.17) is 39.6 Å². The summed E-state index contributed by atoms with van der Waals surface area (Å²) in [5.41, 5.74) is 0.364. The van der Waals surface area contributed by atoms with Gasteiger partial charge in [0.05, 0.1) is 25.4 Å². The van der Waals surface area contributed by atoms with Crippen molar-refractivity contribution in [1.29, 1.82) is 0 Å². The molecule has 2 aliphatic heterocycles. The minimum absolute atomic E-state index is 0. The molecule has 0 saturated carbocycles. The minimum Gasteiger partial charge on any atom is -0.494 e. The van der Waals surface area contributed by atoms with Gasteiger partial charge >= 0.3 is 5.97 Å². The predicted octanol–water partition coefficient (Wildman–Crippen LogP) is 5.84. The van der Waals surface area contributed by atoms with Crippen molar-refractivity contribution in [2.45, 2.75) is 57.0 Å². The molecule has 0 N–H and O–H groups in total. The average Bonchev–Trinajstić information content (AvgIpc) is 3.57. The van der Waals surface area contributed by atoms with Gasteiger partial charge in [0, 0.05) is 20.4 Å². The quantitative estimate of drug-likeness (QED) is 0.132. The fourth-order valence-electron chi connectivity index (χ4n) is 4.26. The van der Waals surface area contributed by atoms with Crippen LogP contribution in [0.25, 0.3) is 0 Å². The molecule has 2 heterocycles. The Bertz CT molecular complexity index is 1280. The van der Waals surface area contributed by atoms with Crippen LogP contribution in [0.5, 0.6) is 17.2 Å². The molecule has 220 valence electrons. The number of hydrogen-bond acceptors (Lipinski definition) is 8. The van der Waals surface area contributed by atoms with E-state index in [0.717, 1.165) is 12.2 Å². The number of esters is 1. The third-order valence-corrected chi connectivity index (χ3v) is 6.33. The first-order valence-electron chi connectivity index (χ1n) is 13.3. The normalized spacial score (nSPS) is 20.6. The maximum absolute atomic E-state index is 12.7. The maximum Gasteiger partial charge on any atom is 0.338 e. The molecule has 2 saturated heterocycles. The first kappa shape index (κ1) is 28.9. The molecule has 8 nitrogen and oxygen atoms in total. The second kappa shape index (κ2) is 15.5. The Hall–Kier alpha value is -4.13. The van der Waals surface area contributed by atoms with Crippen LogP contribution in [0.2, 0.25) is 0 Å². The summed E-state index contributed by atoms with van der Waals surface area (Å²) in [6, 6.07) is 13.9. The Labute approximate surface area is 244 Å². The van der Waals surface area contributed by atoms with Crippen LogP contribution in [0.4, 0.5) is 0 Å². The van der Waals surface area contributed by atoms with Gasteiger partial charge in [-0.25, -0.2) is 4.79 Å². The van der Waals surface area contributed by atoms with E-state index in [1.54, 1.807) is 24.3 Å². The number of carbonyl (C=O) groups is 1. The summed E-state index contributed by atoms with van der Waals surface area (Å²) in [4.78, 5) is 12.7. The molecular formula is C32H44O8. The largest absolute Gasteiger partial charge is 0.494 e. The molecular weight excluding hydrogens is 512 g/mol. The van der Waals surface area contributed by atoms with Gasteiger partial charge in [-0.1, -0.05) is 26.2 Å². The summed E-state index contributed by atoms with van der Waals surface area (Å²) < 4.78 is 40.0. The van der Waals surface area contributed by atoms with E-state index in [1.807, 2.05) is 24.3 Å². The van der Waals surface area contributed by atoms with Gasteiger partial charge < -0.3 is 33.2 Å². The van der Waals surface area contributed by atoms with Crippen molar-refractivity contribution in [1.82, 2.24) is 0 Å². The summed E-state index contributed by atoms with van der Waals surface area (Å²) in [5.74, 6) is 10.9. The maximum atomic E-state index is 12.7. The highest BCUT2D eigenvalue weighted by Gasteiger charge is 2.50. The van der Waals surface area contributed by atoms with Crippen LogP contribution in [0.15, 0.2) is 48.5 Å². The standard InChI is InChI=1S/C32H32O8.6H2/c1-3-5-7-9-19-34-25-13-11-24(12-14-25)32(33)40-29-22-37-30-28(21-36-31(29)30)39-23-38-27-17-15-26(16-18-27)35-20-10-8-6-4-2;;;;;;/h1,11-18,28-31H,4,6,8,10,20-23H2,2H3;6*1H/t28-,29-,30+,31+;;;;;;/m0....../s1. The summed E-state index contributed by atoms with van der Waals surface area (Å²) in [6.45, 7) is 3.48. The fraction of sp³-hybridized carbons (Fsp3) is 0.406. The molecule has 0 unspecified atom stereocenters. The Morgan fingerprint density at radius 1 is 0.875 bits per heavy atom. The van der Waals surface area contributed by atoms with Crippen molar-refractivity contribution >= 4 is 5.97 Å². The van der Waals surface area contributed by atoms with Gasteiger partial charge in [-0.2, -0.15) is 0 Å². The first-order chi connectivity index (χ1) is 19.7. The molecule has 2 fully saturated rings. The molecule has 2 aliphatic rings. The number of rotatable bonds is 13. The van der Waals surface area contributed by atoms with Crippen LogP contribution in [0, 0.1) is 36.2 Å². The molecule has 2 aromatic rings. The van der Waals surface area contributed by atoms with E-state index in [-0.39, 0.29) is 34.2 Å². The van der Waals surface area contributed by atoms with Crippen LogP contribution in [0.3, 0.4) is 0 Å². The van der Waals surface area contributed by atoms with Crippen molar-refractivity contribution in [3.63, 3.8) is 0 Å². The highest BCUT2D eigenvalue weighted by Crippen LogP contribution is 2.31. The van der Waals surface area contributed by atoms with Crippen molar-refractivity contribution < 1.29 is 46.5 Å². The third kappa shape index (κ3) is 8.43. The molecule has 0 amide bonds. The Kier molecular flexibility index (Phi) is 11.2. The summed E-state index contributed by atoms with van der Waals surface area (Å²) in [7, 11) is 0. The van der Waals surface area contributed by atoms with Gasteiger partial charge in [0.1, 0.15) is 41.7 Å². The number of unbranched alkanes of at least 4 members (excludes halogenated alkanes) is 3. The Balaban J connectivity index is -0.00000308. The van der Waals surface area contributed by atoms with Gasteiger partial charge in [0.15, 0.2) is 12.9 Å². The lowest BCUT2D eigenvalue weighted by molar-refractivity contribution is -0.0839. The second-order valence-electron chi connectivity index (χ2n) is 9.14. The molecule has 0 spiro atoms. The van der Waals surface area contributed by atoms with Crippen LogP contribution < -0.4 is 14.2 Å². The lowest BCUT2D eigenvalue weighted by Crippen LogP contribution is -2.35. The molecule has 0 radical (unpaired) electrons. The number of terminal acetylenes is 1. The molecule has 0 bridgehead atoms. The topological polar surface area (TPSA) is 81.7 Å². The molecule has 0 aliphatic carbocycles. The van der Waals surface area contributed by atoms with Crippen molar-refractivity contribution in [2.75, 3.05) is 26.6 Å². The number of benzene rings is 2. The first-order valence-corrected chi connectivity index (χ1v) is 13.3. The molecule has 2 aromatic carbocycles. The van der Waals surface area contributed by atoms with Gasteiger partial charge in [-0.05, 0) is 66.8 Å². The highest BCUT2D eigenvalue weighted by atomic mass is 16.7. The van der Waals surface area contributed by atoms with Crippen molar-refractivity contribution in [3.8, 4) is 53.5 Å². The van der Waals surface area contributed by atoms with Crippen molar-refractivity contribution in [2.24, 2.45) is 0 Å². The van der Waals surface area contributed by atoms with Gasteiger partial charge in [-0.15, -0.1) is 6.42 Å². The Morgan fingerprint density at radius 2 is 1.55 bits per heavy atom. The number of carbonyl (C=O) groups excluding carboxylic acids is 1. The zero-order chi connectivity index (χ0) is 28.0. The van der Waals surface area contributed by atoms with Gasteiger partial charge in [0.2, 0.25) is 0 Å². The summed E-state index contributed by atoms with van der Waals surface area (Å²) in [5, 5.41) is 0. The average molecular weight is 557 g/mol. The van der Waals surface area contributed by atoms with E-state index >= 15 is 0 Å². The van der Waals surface area contributed by atoms with Crippen LogP contribution in [-0.2, 0) is 18.9 Å². The monoisotopic (exact) mass is 556 g/mol. The number of fused-ring (bicyclic) bond motifs is 1. The van der Waals surface area contributed by atoms with Crippen molar-refractivity contribution in [3.05, 3.63) is 54.1 Å². The third-order valence-electron chi connectivity index (χ3n) is 6.33.